The molecule has 0 aliphatic rings. The van der Waals surface area contributed by atoms with Crippen molar-refractivity contribution in [2.45, 2.75) is 41.0 Å². The van der Waals surface area contributed by atoms with Gasteiger partial charge in [-0.2, -0.15) is 0 Å². The number of nitrogens with zero attached hydrogens (tertiary/aromatic N) is 4. The second-order valence-electron chi connectivity index (χ2n) is 2.79. The van der Waals surface area contributed by atoms with Crippen LogP contribution in [-0.2, 0) is 0 Å². The molecule has 0 fully saturated rings. The van der Waals surface area contributed by atoms with Crippen molar-refractivity contribution in [1.29, 1.82) is 0 Å². The van der Waals surface area contributed by atoms with E-state index in [1.807, 2.05) is 52.8 Å². The first kappa shape index (κ1) is 18.6. The summed E-state index contributed by atoms with van der Waals surface area (Å²) in [7, 11) is 1.89. The predicted molar refractivity (Wildman–Crippen MR) is 81.1 cm³/mol. The fraction of sp³-hybridized carbons (Fsp3) is 0.500. The molecule has 1 aromatic rings. The lowest BCUT2D eigenvalue weighted by Crippen LogP contribution is -2.12. The van der Waals surface area contributed by atoms with Gasteiger partial charge in [0.05, 0.1) is 5.70 Å². The van der Waals surface area contributed by atoms with Crippen LogP contribution in [0.2, 0.25) is 0 Å². The van der Waals surface area contributed by atoms with Crippen LogP contribution in [0.4, 0.5) is 5.95 Å². The molecule has 0 saturated heterocycles. The molecule has 4 nitrogen and oxygen atoms in total. The van der Waals surface area contributed by atoms with Gasteiger partial charge in [-0.15, -0.1) is 0 Å². The maximum atomic E-state index is 4.11. The molecule has 0 amide bonds. The summed E-state index contributed by atoms with van der Waals surface area (Å²) in [6, 6.07) is 1.79. The minimum atomic E-state index is 0.655. The first-order valence-corrected chi connectivity index (χ1v) is 6.45. The van der Waals surface area contributed by atoms with E-state index in [-0.39, 0.29) is 0 Å². The zero-order chi connectivity index (χ0) is 14.4. The zero-order valence-corrected chi connectivity index (χ0v) is 12.5. The average molecular weight is 250 g/mol. The summed E-state index contributed by atoms with van der Waals surface area (Å²) in [6.07, 6.45) is 6.14. The summed E-state index contributed by atoms with van der Waals surface area (Å²) in [6.45, 7) is 13.5. The number of rotatable bonds is 4. The lowest BCUT2D eigenvalue weighted by Gasteiger charge is -2.11. The molecule has 0 saturated carbocycles. The number of hydrogen-bond acceptors (Lipinski definition) is 4. The van der Waals surface area contributed by atoms with Gasteiger partial charge in [0.1, 0.15) is 0 Å². The minimum Gasteiger partial charge on any atom is -0.318 e. The van der Waals surface area contributed by atoms with E-state index in [1.54, 1.807) is 18.5 Å². The minimum absolute atomic E-state index is 0.655. The summed E-state index contributed by atoms with van der Waals surface area (Å²) in [5, 5.41) is 0. The fourth-order valence-corrected chi connectivity index (χ4v) is 0.999. The fourth-order valence-electron chi connectivity index (χ4n) is 0.999. The lowest BCUT2D eigenvalue weighted by molar-refractivity contribution is 0.990. The average Bonchev–Trinajstić information content (AvgIpc) is 2.49. The van der Waals surface area contributed by atoms with Crippen molar-refractivity contribution in [1.82, 2.24) is 9.97 Å². The van der Waals surface area contributed by atoms with Crippen LogP contribution >= 0.6 is 0 Å². The van der Waals surface area contributed by atoms with Crippen LogP contribution in [-0.4, -0.2) is 23.7 Å². The van der Waals surface area contributed by atoms with Gasteiger partial charge in [-0.25, -0.2) is 9.97 Å². The normalized spacial score (nSPS) is 9.33. The van der Waals surface area contributed by atoms with Crippen LogP contribution in [0.1, 0.15) is 41.0 Å². The Bertz CT molecular complexity index is 320. The molecule has 0 aliphatic heterocycles. The quantitative estimate of drug-likeness (QED) is 0.761. The summed E-state index contributed by atoms with van der Waals surface area (Å²) in [5.41, 5.74) is 0.917. The Balaban J connectivity index is 0. The van der Waals surface area contributed by atoms with Gasteiger partial charge < -0.3 is 4.90 Å². The van der Waals surface area contributed by atoms with Crippen molar-refractivity contribution in [3.8, 4) is 0 Å². The maximum absolute atomic E-state index is 4.11. The first-order valence-electron chi connectivity index (χ1n) is 6.45. The van der Waals surface area contributed by atoms with Gasteiger partial charge in [0.2, 0.25) is 5.95 Å². The van der Waals surface area contributed by atoms with Crippen LogP contribution in [0.5, 0.6) is 0 Å². The number of hydrogen-bond donors (Lipinski definition) is 0. The molecule has 0 radical (unpaired) electrons. The Kier molecular flexibility index (Phi) is 13.8. The molecule has 102 valence electrons. The van der Waals surface area contributed by atoms with Crippen LogP contribution in [0.25, 0.3) is 0 Å². The van der Waals surface area contributed by atoms with Crippen molar-refractivity contribution in [3.05, 3.63) is 30.4 Å². The third-order valence-electron chi connectivity index (χ3n) is 1.78. The highest BCUT2D eigenvalue weighted by Crippen LogP contribution is 2.07. The highest BCUT2D eigenvalue weighted by molar-refractivity contribution is 5.36. The molecule has 0 bridgehead atoms. The van der Waals surface area contributed by atoms with Gasteiger partial charge in [0, 0.05) is 25.6 Å². The van der Waals surface area contributed by atoms with Gasteiger partial charge in [-0.1, -0.05) is 34.6 Å². The van der Waals surface area contributed by atoms with Crippen LogP contribution in [0.3, 0.4) is 0 Å². The Morgan fingerprint density at radius 2 is 1.78 bits per heavy atom. The third-order valence-corrected chi connectivity index (χ3v) is 1.78. The van der Waals surface area contributed by atoms with E-state index in [1.165, 1.54) is 0 Å². The summed E-state index contributed by atoms with van der Waals surface area (Å²) in [4.78, 5) is 13.9. The second-order valence-corrected chi connectivity index (χ2v) is 2.79. The molecular formula is C14H26N4. The molecule has 0 aromatic carbocycles. The highest BCUT2D eigenvalue weighted by atomic mass is 15.2. The van der Waals surface area contributed by atoms with Gasteiger partial charge >= 0.3 is 0 Å². The lowest BCUT2D eigenvalue weighted by atomic mass is 10.4. The second kappa shape index (κ2) is 13.4. The Morgan fingerprint density at radius 1 is 1.28 bits per heavy atom. The van der Waals surface area contributed by atoms with Crippen LogP contribution < -0.4 is 4.90 Å². The largest absolute Gasteiger partial charge is 0.318 e. The Labute approximate surface area is 111 Å². The van der Waals surface area contributed by atoms with Gasteiger partial charge in [-0.05, 0) is 19.2 Å². The summed E-state index contributed by atoms with van der Waals surface area (Å²) in [5.74, 6) is 0.655. The van der Waals surface area contributed by atoms with Crippen LogP contribution in [0, 0.1) is 0 Å². The number of anilines is 1. The zero-order valence-electron chi connectivity index (χ0n) is 12.5. The maximum Gasteiger partial charge on any atom is 0.229 e. The molecule has 1 heterocycles. The van der Waals surface area contributed by atoms with E-state index < -0.39 is 0 Å². The molecule has 18 heavy (non-hydrogen) atoms. The van der Waals surface area contributed by atoms with Crippen LogP contribution in [0.15, 0.2) is 35.3 Å². The Hall–Kier alpha value is -1.71. The molecule has 0 atom stereocenters. The molecule has 0 unspecified atom stereocenters. The molecule has 1 rings (SSSR count). The van der Waals surface area contributed by atoms with E-state index in [0.717, 1.165) is 12.1 Å². The Morgan fingerprint density at radius 3 is 2.17 bits per heavy atom. The molecule has 0 aliphatic carbocycles. The topological polar surface area (TPSA) is 41.4 Å². The van der Waals surface area contributed by atoms with Crippen molar-refractivity contribution in [2.24, 2.45) is 4.99 Å². The van der Waals surface area contributed by atoms with Gasteiger partial charge in [-0.3, -0.25) is 4.99 Å². The molecule has 0 N–H and O–H groups in total. The van der Waals surface area contributed by atoms with E-state index in [2.05, 4.69) is 21.7 Å². The van der Waals surface area contributed by atoms with E-state index in [0.29, 0.717) is 5.95 Å². The van der Waals surface area contributed by atoms with Crippen molar-refractivity contribution >= 4 is 12.7 Å². The number of allylic oxidation sites excluding steroid dienone is 1. The first-order chi connectivity index (χ1) is 8.77. The van der Waals surface area contributed by atoms with Gasteiger partial charge in [0.25, 0.3) is 0 Å². The van der Waals surface area contributed by atoms with E-state index >= 15 is 0 Å². The van der Waals surface area contributed by atoms with Crippen molar-refractivity contribution in [2.75, 3.05) is 11.9 Å². The highest BCUT2D eigenvalue weighted by Gasteiger charge is 1.99. The van der Waals surface area contributed by atoms with Crippen molar-refractivity contribution < 1.29 is 0 Å². The summed E-state index contributed by atoms with van der Waals surface area (Å²) < 4.78 is 0. The smallest absolute Gasteiger partial charge is 0.229 e. The van der Waals surface area contributed by atoms with E-state index in [9.17, 15) is 0 Å². The molecule has 0 spiro atoms. The summed E-state index contributed by atoms with van der Waals surface area (Å²) >= 11 is 0. The van der Waals surface area contributed by atoms with Crippen molar-refractivity contribution in [3.63, 3.8) is 0 Å². The molecular weight excluding hydrogens is 224 g/mol. The number of aromatic nitrogens is 2. The third kappa shape index (κ3) is 7.54. The predicted octanol–water partition coefficient (Wildman–Crippen LogP) is 3.92. The van der Waals surface area contributed by atoms with E-state index in [4.69, 9.17) is 0 Å². The molecule has 1 aromatic heterocycles. The monoisotopic (exact) mass is 250 g/mol. The standard InChI is InChI=1S/C10H14N4.2C2H6/c1-4-9(11-2)8-14(3)10-12-6-5-7-13-10;2*1-2/h5-8H,2,4H2,1,3H3;2*1-2H3/b9-8-;;. The van der Waals surface area contributed by atoms with Gasteiger partial charge in [0.15, 0.2) is 0 Å². The molecule has 4 heteroatoms. The number of aliphatic imine (C=N–C) groups is 1. The SMILES string of the molecule is C=N/C(=C\N(C)c1ncccn1)CC.CC.CC.